The van der Waals surface area contributed by atoms with Crippen molar-refractivity contribution in [3.05, 3.63) is 182 Å². The molecule has 0 N–H and O–H groups in total. The van der Waals surface area contributed by atoms with Gasteiger partial charge in [-0.25, -0.2) is 0 Å². The Labute approximate surface area is 283 Å². The molecule has 0 aliphatic heterocycles. The molecule has 8 aromatic carbocycles. The lowest BCUT2D eigenvalue weighted by molar-refractivity contribution is 0.669. The van der Waals surface area contributed by atoms with Crippen molar-refractivity contribution in [1.82, 2.24) is 4.57 Å². The number of furan rings is 1. The molecule has 3 nitrogen and oxygen atoms in total. The quantitative estimate of drug-likeness (QED) is 0.190. The predicted octanol–water partition coefficient (Wildman–Crippen LogP) is 13.0. The Balaban J connectivity index is 1.27. The minimum Gasteiger partial charge on any atom is -0.456 e. The Kier molecular flexibility index (Phi) is 6.18. The molecule has 0 aliphatic rings. The molecule has 0 amide bonds. The fraction of sp³-hybridized carbons (Fsp3) is 0. The van der Waals surface area contributed by atoms with E-state index in [-0.39, 0.29) is 0 Å². The van der Waals surface area contributed by atoms with Gasteiger partial charge in [-0.05, 0) is 88.6 Å². The molecule has 0 bridgehead atoms. The van der Waals surface area contributed by atoms with Crippen LogP contribution in [0.4, 0.5) is 17.1 Å². The van der Waals surface area contributed by atoms with Crippen LogP contribution in [0.5, 0.6) is 0 Å². The van der Waals surface area contributed by atoms with E-state index in [4.69, 9.17) is 4.42 Å². The number of hydrogen-bond donors (Lipinski definition) is 0. The van der Waals surface area contributed by atoms with Crippen LogP contribution in [0, 0.1) is 0 Å². The zero-order valence-electron chi connectivity index (χ0n) is 26.6. The lowest BCUT2D eigenvalue weighted by Gasteiger charge is -2.26. The van der Waals surface area contributed by atoms with Gasteiger partial charge in [0.05, 0.1) is 22.1 Å². The summed E-state index contributed by atoms with van der Waals surface area (Å²) >= 11 is 0. The van der Waals surface area contributed by atoms with Gasteiger partial charge in [0.1, 0.15) is 11.2 Å². The van der Waals surface area contributed by atoms with Crippen LogP contribution in [0.2, 0.25) is 0 Å². The molecule has 2 heterocycles. The fourth-order valence-electron chi connectivity index (χ4n) is 7.59. The minimum absolute atomic E-state index is 0.874. The predicted molar refractivity (Wildman–Crippen MR) is 206 cm³/mol. The zero-order valence-corrected chi connectivity index (χ0v) is 26.6. The van der Waals surface area contributed by atoms with Crippen molar-refractivity contribution in [2.24, 2.45) is 0 Å². The molecule has 3 heteroatoms. The third-order valence-corrected chi connectivity index (χ3v) is 9.74. The topological polar surface area (TPSA) is 21.3 Å². The lowest BCUT2D eigenvalue weighted by Crippen LogP contribution is -2.10. The molecule has 230 valence electrons. The second-order valence-electron chi connectivity index (χ2n) is 12.6. The first-order valence-corrected chi connectivity index (χ1v) is 16.7. The van der Waals surface area contributed by atoms with E-state index < -0.39 is 0 Å². The van der Waals surface area contributed by atoms with Crippen LogP contribution < -0.4 is 4.90 Å². The zero-order chi connectivity index (χ0) is 32.3. The van der Waals surface area contributed by atoms with Crippen LogP contribution in [-0.4, -0.2) is 4.57 Å². The van der Waals surface area contributed by atoms with Gasteiger partial charge >= 0.3 is 0 Å². The third-order valence-electron chi connectivity index (χ3n) is 9.74. The highest BCUT2D eigenvalue weighted by atomic mass is 16.3. The maximum atomic E-state index is 6.35. The maximum absolute atomic E-state index is 6.35. The molecular formula is C46H30N2O. The number of hydrogen-bond acceptors (Lipinski definition) is 2. The molecule has 0 atom stereocenters. The number of para-hydroxylation sites is 3. The minimum atomic E-state index is 0.874. The van der Waals surface area contributed by atoms with E-state index >= 15 is 0 Å². The van der Waals surface area contributed by atoms with Crippen LogP contribution >= 0.6 is 0 Å². The van der Waals surface area contributed by atoms with Gasteiger partial charge in [-0.2, -0.15) is 0 Å². The summed E-state index contributed by atoms with van der Waals surface area (Å²) in [4.78, 5) is 2.36. The Bertz CT molecular complexity index is 2830. The van der Waals surface area contributed by atoms with E-state index in [0.717, 1.165) is 50.2 Å². The Morgan fingerprint density at radius 1 is 0.429 bits per heavy atom. The summed E-state index contributed by atoms with van der Waals surface area (Å²) in [6.45, 7) is 0. The van der Waals surface area contributed by atoms with Crippen molar-refractivity contribution in [2.75, 3.05) is 4.90 Å². The SMILES string of the molecule is c1ccc(N(c2ccc3c4c(-c5ccc6ccccc6c5)cccc4n(-c4ccccc4)c3c2)c2cccc3oc4ccccc4c23)cc1. The first kappa shape index (κ1) is 27.5. The molecule has 10 rings (SSSR count). The molecule has 0 fully saturated rings. The van der Waals surface area contributed by atoms with Crippen molar-refractivity contribution < 1.29 is 4.42 Å². The smallest absolute Gasteiger partial charge is 0.137 e. The molecule has 2 aromatic heterocycles. The standard InChI is InChI=1S/C46H30N2O/c1-3-15-34(16-4-1)47(41-22-12-24-44-46(41)39-19-9-10-23-43(39)49-44)36-27-28-38-42(30-36)48(35-17-5-2-6-18-35)40-21-11-20-37(45(38)40)33-26-25-31-13-7-8-14-32(31)29-33/h1-30H. The van der Waals surface area contributed by atoms with Gasteiger partial charge in [-0.3, -0.25) is 0 Å². The van der Waals surface area contributed by atoms with Gasteiger partial charge in [0, 0.05) is 33.2 Å². The number of benzene rings is 8. The summed E-state index contributed by atoms with van der Waals surface area (Å²) in [6.07, 6.45) is 0. The van der Waals surface area contributed by atoms with E-state index in [9.17, 15) is 0 Å². The van der Waals surface area contributed by atoms with Crippen LogP contribution in [-0.2, 0) is 0 Å². The van der Waals surface area contributed by atoms with E-state index in [0.29, 0.717) is 0 Å². The summed E-state index contributed by atoms with van der Waals surface area (Å²) in [5.41, 5.74) is 10.9. The largest absolute Gasteiger partial charge is 0.456 e. The van der Waals surface area contributed by atoms with Crippen molar-refractivity contribution in [1.29, 1.82) is 0 Å². The highest BCUT2D eigenvalue weighted by molar-refractivity contribution is 6.18. The maximum Gasteiger partial charge on any atom is 0.137 e. The number of aromatic nitrogens is 1. The highest BCUT2D eigenvalue weighted by Crippen LogP contribution is 2.45. The molecule has 49 heavy (non-hydrogen) atoms. The number of anilines is 3. The fourth-order valence-corrected chi connectivity index (χ4v) is 7.59. The average molecular weight is 627 g/mol. The molecule has 0 spiro atoms. The van der Waals surface area contributed by atoms with Gasteiger partial charge < -0.3 is 13.9 Å². The summed E-state index contributed by atoms with van der Waals surface area (Å²) in [6, 6.07) is 65.0. The molecule has 0 unspecified atom stereocenters. The molecule has 0 saturated heterocycles. The van der Waals surface area contributed by atoms with Gasteiger partial charge in [0.2, 0.25) is 0 Å². The van der Waals surface area contributed by atoms with Gasteiger partial charge in [-0.15, -0.1) is 0 Å². The normalized spacial score (nSPS) is 11.7. The van der Waals surface area contributed by atoms with Gasteiger partial charge in [-0.1, -0.05) is 115 Å². The van der Waals surface area contributed by atoms with Crippen molar-refractivity contribution in [3.8, 4) is 16.8 Å². The van der Waals surface area contributed by atoms with Gasteiger partial charge in [0.25, 0.3) is 0 Å². The van der Waals surface area contributed by atoms with Crippen LogP contribution in [0.15, 0.2) is 186 Å². The first-order chi connectivity index (χ1) is 24.3. The van der Waals surface area contributed by atoms with Crippen LogP contribution in [0.3, 0.4) is 0 Å². The molecule has 0 aliphatic carbocycles. The van der Waals surface area contributed by atoms with Crippen LogP contribution in [0.1, 0.15) is 0 Å². The summed E-state index contributed by atoms with van der Waals surface area (Å²) < 4.78 is 8.77. The Morgan fingerprint density at radius 3 is 2.04 bits per heavy atom. The summed E-state index contributed by atoms with van der Waals surface area (Å²) in [7, 11) is 0. The lowest BCUT2D eigenvalue weighted by atomic mass is 9.97. The second-order valence-corrected chi connectivity index (χ2v) is 12.6. The van der Waals surface area contributed by atoms with Crippen molar-refractivity contribution >= 4 is 71.6 Å². The van der Waals surface area contributed by atoms with E-state index in [1.54, 1.807) is 0 Å². The first-order valence-electron chi connectivity index (χ1n) is 16.7. The van der Waals surface area contributed by atoms with Gasteiger partial charge in [0.15, 0.2) is 0 Å². The molecule has 10 aromatic rings. The monoisotopic (exact) mass is 626 g/mol. The summed E-state index contributed by atoms with van der Waals surface area (Å²) in [5.74, 6) is 0. The van der Waals surface area contributed by atoms with E-state index in [2.05, 4.69) is 179 Å². The summed E-state index contributed by atoms with van der Waals surface area (Å²) in [5, 5.41) is 7.16. The second kappa shape index (κ2) is 11.0. The number of rotatable bonds is 5. The number of fused-ring (bicyclic) bond motifs is 7. The Morgan fingerprint density at radius 2 is 1.16 bits per heavy atom. The highest BCUT2D eigenvalue weighted by Gasteiger charge is 2.22. The van der Waals surface area contributed by atoms with Crippen molar-refractivity contribution in [2.45, 2.75) is 0 Å². The third kappa shape index (κ3) is 4.37. The molecule has 0 radical (unpaired) electrons. The van der Waals surface area contributed by atoms with E-state index in [1.807, 2.05) is 12.1 Å². The average Bonchev–Trinajstić information content (AvgIpc) is 3.72. The number of nitrogens with zero attached hydrogens (tertiary/aromatic N) is 2. The molecular weight excluding hydrogens is 597 g/mol. The van der Waals surface area contributed by atoms with E-state index in [1.165, 1.54) is 38.2 Å². The van der Waals surface area contributed by atoms with Crippen molar-refractivity contribution in [3.63, 3.8) is 0 Å². The Hall–Kier alpha value is -6.58. The van der Waals surface area contributed by atoms with Crippen LogP contribution in [0.25, 0.3) is 71.3 Å². The molecule has 0 saturated carbocycles.